The Kier molecular flexibility index (Phi) is 10.2. The van der Waals surface area contributed by atoms with Crippen LogP contribution in [0.25, 0.3) is 0 Å². The van der Waals surface area contributed by atoms with Crippen LogP contribution in [-0.2, 0) is 4.79 Å². The van der Waals surface area contributed by atoms with Gasteiger partial charge in [0.2, 0.25) is 5.91 Å². The number of carbonyl (C=O) groups excluding carboxylic acids is 1. The zero-order valence-electron chi connectivity index (χ0n) is 14.4. The number of aliphatic imine (C=N–C) groups is 1. The van der Waals surface area contributed by atoms with Gasteiger partial charge in [-0.1, -0.05) is 6.07 Å². The Hall–Kier alpha value is -1.58. The van der Waals surface area contributed by atoms with Crippen molar-refractivity contribution in [2.75, 3.05) is 32.8 Å². The molecule has 0 atom stereocenters. The highest BCUT2D eigenvalue weighted by atomic mass is 127. The maximum atomic E-state index is 13.0. The molecule has 1 amide bonds. The Morgan fingerprint density at radius 3 is 2.76 bits per heavy atom. The fourth-order valence-corrected chi connectivity index (χ4v) is 2.07. The Bertz CT molecular complexity index is 567. The lowest BCUT2D eigenvalue weighted by atomic mass is 10.3. The molecular formula is C17H26FIN4O2. The van der Waals surface area contributed by atoms with Crippen molar-refractivity contribution >= 4 is 35.8 Å². The molecule has 1 saturated carbocycles. The number of hydrogen-bond acceptors (Lipinski definition) is 3. The van der Waals surface area contributed by atoms with Crippen molar-refractivity contribution in [3.05, 3.63) is 30.1 Å². The number of amides is 1. The third-order valence-corrected chi connectivity index (χ3v) is 3.43. The molecule has 1 aliphatic rings. The summed E-state index contributed by atoms with van der Waals surface area (Å²) in [4.78, 5) is 15.9. The van der Waals surface area contributed by atoms with Crippen molar-refractivity contribution in [2.24, 2.45) is 10.9 Å². The first-order chi connectivity index (χ1) is 11.7. The number of halogens is 2. The van der Waals surface area contributed by atoms with E-state index in [2.05, 4.69) is 20.9 Å². The molecular weight excluding hydrogens is 438 g/mol. The standard InChI is InChI=1S/C17H25FN4O2.HI/c1-2-19-17(21-9-8-20-16(23)13-6-7-13)22-10-11-24-15-5-3-4-14(18)12-15;/h3-5,12-13H,2,6-11H2,1H3,(H,20,23)(H2,19,21,22);1H. The number of hydrogen-bond donors (Lipinski definition) is 3. The SMILES string of the molecule is CCNC(=NCCNC(=O)C1CC1)NCCOc1cccc(F)c1.I. The molecule has 3 N–H and O–H groups in total. The number of guanidine groups is 1. The van der Waals surface area contributed by atoms with E-state index in [0.717, 1.165) is 19.4 Å². The van der Waals surface area contributed by atoms with Gasteiger partial charge in [-0.15, -0.1) is 24.0 Å². The van der Waals surface area contributed by atoms with Crippen LogP contribution in [0.2, 0.25) is 0 Å². The summed E-state index contributed by atoms with van der Waals surface area (Å²) in [6, 6.07) is 6.05. The average molecular weight is 464 g/mol. The van der Waals surface area contributed by atoms with Gasteiger partial charge in [0.05, 0.1) is 13.1 Å². The van der Waals surface area contributed by atoms with E-state index in [1.54, 1.807) is 12.1 Å². The Labute approximate surface area is 165 Å². The molecule has 2 rings (SSSR count). The number of ether oxygens (including phenoxy) is 1. The predicted molar refractivity (Wildman–Crippen MR) is 107 cm³/mol. The number of carbonyl (C=O) groups is 1. The lowest BCUT2D eigenvalue weighted by molar-refractivity contribution is -0.122. The van der Waals surface area contributed by atoms with Gasteiger partial charge in [-0.25, -0.2) is 4.39 Å². The topological polar surface area (TPSA) is 74.8 Å². The van der Waals surface area contributed by atoms with Gasteiger partial charge < -0.3 is 20.7 Å². The highest BCUT2D eigenvalue weighted by Crippen LogP contribution is 2.28. The molecule has 0 saturated heterocycles. The maximum Gasteiger partial charge on any atom is 0.223 e. The zero-order chi connectivity index (χ0) is 17.2. The smallest absolute Gasteiger partial charge is 0.223 e. The normalized spacial score (nSPS) is 13.6. The third-order valence-electron chi connectivity index (χ3n) is 3.43. The number of benzene rings is 1. The summed E-state index contributed by atoms with van der Waals surface area (Å²) in [6.07, 6.45) is 2.01. The average Bonchev–Trinajstić information content (AvgIpc) is 3.40. The summed E-state index contributed by atoms with van der Waals surface area (Å²) in [6.45, 7) is 4.70. The maximum absolute atomic E-state index is 13.0. The van der Waals surface area contributed by atoms with Crippen LogP contribution in [0, 0.1) is 11.7 Å². The van der Waals surface area contributed by atoms with E-state index < -0.39 is 0 Å². The van der Waals surface area contributed by atoms with Crippen molar-refractivity contribution in [3.63, 3.8) is 0 Å². The quantitative estimate of drug-likeness (QED) is 0.226. The molecule has 0 spiro atoms. The third kappa shape index (κ3) is 8.89. The highest BCUT2D eigenvalue weighted by Gasteiger charge is 2.28. The van der Waals surface area contributed by atoms with E-state index >= 15 is 0 Å². The molecule has 8 heteroatoms. The van der Waals surface area contributed by atoms with Crippen LogP contribution in [-0.4, -0.2) is 44.7 Å². The summed E-state index contributed by atoms with van der Waals surface area (Å²) in [5, 5.41) is 9.13. The first-order valence-corrected chi connectivity index (χ1v) is 8.37. The summed E-state index contributed by atoms with van der Waals surface area (Å²) in [5.41, 5.74) is 0. The molecule has 0 heterocycles. The van der Waals surface area contributed by atoms with Gasteiger partial charge in [-0.3, -0.25) is 9.79 Å². The van der Waals surface area contributed by atoms with Crippen LogP contribution in [0.4, 0.5) is 4.39 Å². The summed E-state index contributed by atoms with van der Waals surface area (Å²) < 4.78 is 18.5. The second-order valence-electron chi connectivity index (χ2n) is 5.56. The van der Waals surface area contributed by atoms with Crippen LogP contribution >= 0.6 is 24.0 Å². The minimum absolute atomic E-state index is 0. The number of rotatable bonds is 9. The number of nitrogens with one attached hydrogen (secondary N) is 3. The Morgan fingerprint density at radius 1 is 1.28 bits per heavy atom. The molecule has 1 fully saturated rings. The molecule has 1 aromatic rings. The molecule has 1 aromatic carbocycles. The molecule has 0 radical (unpaired) electrons. The van der Waals surface area contributed by atoms with Crippen molar-refractivity contribution in [1.82, 2.24) is 16.0 Å². The van der Waals surface area contributed by atoms with Gasteiger partial charge in [-0.05, 0) is 31.9 Å². The van der Waals surface area contributed by atoms with Crippen molar-refractivity contribution in [3.8, 4) is 5.75 Å². The molecule has 0 bridgehead atoms. The van der Waals surface area contributed by atoms with Gasteiger partial charge in [0.15, 0.2) is 5.96 Å². The summed E-state index contributed by atoms with van der Waals surface area (Å²) >= 11 is 0. The van der Waals surface area contributed by atoms with E-state index in [9.17, 15) is 9.18 Å². The Balaban J connectivity index is 0.00000312. The fourth-order valence-electron chi connectivity index (χ4n) is 2.07. The molecule has 140 valence electrons. The highest BCUT2D eigenvalue weighted by molar-refractivity contribution is 14.0. The molecule has 6 nitrogen and oxygen atoms in total. The van der Waals surface area contributed by atoms with Gasteiger partial charge in [0, 0.05) is 25.1 Å². The van der Waals surface area contributed by atoms with Crippen molar-refractivity contribution < 1.29 is 13.9 Å². The van der Waals surface area contributed by atoms with E-state index in [-0.39, 0.29) is 41.6 Å². The largest absolute Gasteiger partial charge is 0.492 e. The van der Waals surface area contributed by atoms with Gasteiger partial charge >= 0.3 is 0 Å². The van der Waals surface area contributed by atoms with Crippen LogP contribution in [0.1, 0.15) is 19.8 Å². The van der Waals surface area contributed by atoms with Crippen LogP contribution < -0.4 is 20.7 Å². The zero-order valence-corrected chi connectivity index (χ0v) is 16.7. The molecule has 0 aliphatic heterocycles. The van der Waals surface area contributed by atoms with E-state index in [1.807, 2.05) is 6.92 Å². The molecule has 0 aromatic heterocycles. The first kappa shape index (κ1) is 21.5. The van der Waals surface area contributed by atoms with E-state index in [4.69, 9.17) is 4.74 Å². The van der Waals surface area contributed by atoms with Gasteiger partial charge in [0.1, 0.15) is 18.2 Å². The van der Waals surface area contributed by atoms with Crippen LogP contribution in [0.15, 0.2) is 29.3 Å². The lowest BCUT2D eigenvalue weighted by Gasteiger charge is -2.12. The van der Waals surface area contributed by atoms with E-state index in [0.29, 0.717) is 38.0 Å². The fraction of sp³-hybridized carbons (Fsp3) is 0.529. The minimum atomic E-state index is -0.316. The summed E-state index contributed by atoms with van der Waals surface area (Å²) in [5.74, 6) is 1.21. The number of nitrogens with zero attached hydrogens (tertiary/aromatic N) is 1. The first-order valence-electron chi connectivity index (χ1n) is 8.37. The molecule has 25 heavy (non-hydrogen) atoms. The van der Waals surface area contributed by atoms with Crippen molar-refractivity contribution in [1.29, 1.82) is 0 Å². The van der Waals surface area contributed by atoms with Crippen LogP contribution in [0.3, 0.4) is 0 Å². The van der Waals surface area contributed by atoms with Gasteiger partial charge in [0.25, 0.3) is 0 Å². The monoisotopic (exact) mass is 464 g/mol. The lowest BCUT2D eigenvalue weighted by Crippen LogP contribution is -2.40. The predicted octanol–water partition coefficient (Wildman–Crippen LogP) is 1.90. The summed E-state index contributed by atoms with van der Waals surface area (Å²) in [7, 11) is 0. The van der Waals surface area contributed by atoms with E-state index in [1.165, 1.54) is 12.1 Å². The van der Waals surface area contributed by atoms with Crippen LogP contribution in [0.5, 0.6) is 5.75 Å². The van der Waals surface area contributed by atoms with Crippen molar-refractivity contribution in [2.45, 2.75) is 19.8 Å². The van der Waals surface area contributed by atoms with Gasteiger partial charge in [-0.2, -0.15) is 0 Å². The minimum Gasteiger partial charge on any atom is -0.492 e. The molecule has 0 unspecified atom stereocenters. The Morgan fingerprint density at radius 2 is 2.08 bits per heavy atom. The second-order valence-corrected chi connectivity index (χ2v) is 5.56. The molecule has 1 aliphatic carbocycles. The second kappa shape index (κ2) is 11.9.